The molecule has 1 aromatic heterocycles. The second kappa shape index (κ2) is 13.3. The number of aliphatic carboxylic acids is 1. The van der Waals surface area contributed by atoms with E-state index in [0.29, 0.717) is 29.2 Å². The third-order valence-electron chi connectivity index (χ3n) is 5.50. The van der Waals surface area contributed by atoms with E-state index in [2.05, 4.69) is 15.3 Å². The quantitative estimate of drug-likeness (QED) is 0.0929. The summed E-state index contributed by atoms with van der Waals surface area (Å²) in [5.74, 6) is -0.747. The van der Waals surface area contributed by atoms with Gasteiger partial charge >= 0.3 is 10.8 Å². The first kappa shape index (κ1) is 28.2. The second-order valence-corrected chi connectivity index (χ2v) is 9.58. The third-order valence-corrected chi connectivity index (χ3v) is 6.37. The highest BCUT2D eigenvalue weighted by Crippen LogP contribution is 2.25. The minimum Gasteiger partial charge on any atom is -0.494 e. The van der Waals surface area contributed by atoms with Crippen molar-refractivity contribution in [1.82, 2.24) is 10.3 Å². The highest BCUT2D eigenvalue weighted by atomic mass is 32.1. The van der Waals surface area contributed by atoms with Crippen LogP contribution in [0.15, 0.2) is 58.3 Å². The first-order valence-electron chi connectivity index (χ1n) is 11.7. The molecule has 0 fully saturated rings. The van der Waals surface area contributed by atoms with E-state index in [1.165, 1.54) is 0 Å². The summed E-state index contributed by atoms with van der Waals surface area (Å²) in [5.41, 5.74) is 18.2. The number of nitrogens with one attached hydrogen (secondary N) is 2. The van der Waals surface area contributed by atoms with Crippen LogP contribution in [0.5, 0.6) is 17.4 Å². The number of ether oxygens (including phenoxy) is 1. The van der Waals surface area contributed by atoms with Gasteiger partial charge in [-0.1, -0.05) is 35.6 Å². The summed E-state index contributed by atoms with van der Waals surface area (Å²) in [5, 5.41) is 21.6. The molecular weight excluding hydrogens is 512 g/mol. The van der Waals surface area contributed by atoms with Crippen molar-refractivity contribution in [2.45, 2.75) is 37.8 Å². The summed E-state index contributed by atoms with van der Waals surface area (Å²) >= 11 is 0.967. The zero-order valence-corrected chi connectivity index (χ0v) is 21.2. The maximum atomic E-state index is 12.5. The fraction of sp³-hybridized carbons (Fsp3) is 0.280. The van der Waals surface area contributed by atoms with Gasteiger partial charge in [0.25, 0.3) is 0 Å². The van der Waals surface area contributed by atoms with E-state index in [9.17, 15) is 24.6 Å². The van der Waals surface area contributed by atoms with Gasteiger partial charge < -0.3 is 37.5 Å². The Hall–Kier alpha value is -4.36. The number of aromatic hydroxyl groups is 1. The molecule has 3 rings (SSSR count). The molecule has 0 saturated heterocycles. The molecule has 12 nitrogen and oxygen atoms in total. The summed E-state index contributed by atoms with van der Waals surface area (Å²) in [4.78, 5) is 41.7. The number of H-pyrrole nitrogens is 1. The number of thiazole rings is 1. The molecule has 1 heterocycles. The van der Waals surface area contributed by atoms with Gasteiger partial charge in [0.2, 0.25) is 11.8 Å². The zero-order valence-electron chi connectivity index (χ0n) is 20.4. The van der Waals surface area contributed by atoms with E-state index in [1.807, 2.05) is 12.1 Å². The lowest BCUT2D eigenvalue weighted by Crippen LogP contribution is -2.49. The van der Waals surface area contributed by atoms with Crippen molar-refractivity contribution in [2.75, 3.05) is 6.54 Å². The molecule has 13 heteroatoms. The number of carbonyl (C=O) groups is 2. The normalized spacial score (nSPS) is 12.3. The molecule has 0 aliphatic rings. The topological polar surface area (TPSA) is 219 Å². The predicted octanol–water partition coefficient (Wildman–Crippen LogP) is 1.02. The number of guanidine groups is 1. The van der Waals surface area contributed by atoms with Crippen molar-refractivity contribution in [3.05, 3.63) is 74.2 Å². The molecule has 10 N–H and O–H groups in total. The fourth-order valence-corrected chi connectivity index (χ4v) is 4.31. The van der Waals surface area contributed by atoms with E-state index < -0.39 is 24.0 Å². The smallest absolute Gasteiger partial charge is 0.326 e. The van der Waals surface area contributed by atoms with E-state index in [-0.39, 0.29) is 36.1 Å². The Morgan fingerprint density at radius 2 is 1.66 bits per heavy atom. The van der Waals surface area contributed by atoms with Crippen LogP contribution in [0.2, 0.25) is 0 Å². The molecule has 0 aliphatic carbocycles. The molecule has 202 valence electrons. The Balaban J connectivity index is 1.50. The maximum absolute atomic E-state index is 12.5. The van der Waals surface area contributed by atoms with E-state index in [1.54, 1.807) is 36.4 Å². The molecule has 2 atom stereocenters. The van der Waals surface area contributed by atoms with Crippen LogP contribution in [0.1, 0.15) is 28.8 Å². The first-order valence-corrected chi connectivity index (χ1v) is 12.5. The summed E-state index contributed by atoms with van der Waals surface area (Å²) in [6, 6.07) is 12.3. The van der Waals surface area contributed by atoms with Gasteiger partial charge in [-0.05, 0) is 54.7 Å². The van der Waals surface area contributed by atoms with Crippen molar-refractivity contribution < 1.29 is 24.5 Å². The second-order valence-electron chi connectivity index (χ2n) is 8.51. The molecule has 2 aromatic carbocycles. The number of aromatic amines is 1. The number of aromatic nitrogens is 1. The Morgan fingerprint density at radius 1 is 1.05 bits per heavy atom. The molecule has 3 aromatic rings. The van der Waals surface area contributed by atoms with Crippen LogP contribution in [0.25, 0.3) is 0 Å². The summed E-state index contributed by atoms with van der Waals surface area (Å²) in [6.45, 7) is 0.258. The summed E-state index contributed by atoms with van der Waals surface area (Å²) < 4.78 is 5.86. The van der Waals surface area contributed by atoms with Crippen LogP contribution in [0.3, 0.4) is 0 Å². The van der Waals surface area contributed by atoms with Crippen molar-refractivity contribution in [2.24, 2.45) is 22.2 Å². The number of carboxylic acid groups (broad SMARTS) is 1. The lowest BCUT2D eigenvalue weighted by atomic mass is 10.0. The maximum Gasteiger partial charge on any atom is 0.326 e. The van der Waals surface area contributed by atoms with Crippen LogP contribution in [0, 0.1) is 0 Å². The zero-order chi connectivity index (χ0) is 27.7. The standard InChI is InChI=1S/C25H30N6O6S/c26-18(21(32)30-19(23(34)35)2-1-11-29-24(27)28)12-14-3-7-16(8-4-14)37-17-9-5-15(6-10-17)13-20-22(33)31-25(36)38-20/h3-10,18-19,33H,1-2,11-13,26H2,(H,30,32)(H,31,36)(H,34,35)(H4,27,28,29). The molecule has 38 heavy (non-hydrogen) atoms. The van der Waals surface area contributed by atoms with Crippen LogP contribution in [0.4, 0.5) is 0 Å². The Morgan fingerprint density at radius 3 is 2.18 bits per heavy atom. The van der Waals surface area contributed by atoms with Crippen molar-refractivity contribution >= 4 is 29.2 Å². The predicted molar refractivity (Wildman–Crippen MR) is 144 cm³/mol. The summed E-state index contributed by atoms with van der Waals surface area (Å²) in [7, 11) is 0. The number of hydrogen-bond acceptors (Lipinski definition) is 8. The van der Waals surface area contributed by atoms with Gasteiger partial charge in [0, 0.05) is 13.0 Å². The van der Waals surface area contributed by atoms with E-state index in [4.69, 9.17) is 21.9 Å². The first-order chi connectivity index (χ1) is 18.1. The Bertz CT molecular complexity index is 1320. The lowest BCUT2D eigenvalue weighted by Gasteiger charge is -2.18. The van der Waals surface area contributed by atoms with Crippen molar-refractivity contribution in [1.29, 1.82) is 0 Å². The fourth-order valence-electron chi connectivity index (χ4n) is 3.55. The van der Waals surface area contributed by atoms with Crippen LogP contribution < -0.4 is 32.1 Å². The van der Waals surface area contributed by atoms with Crippen LogP contribution in [-0.4, -0.2) is 51.7 Å². The molecule has 0 aliphatic heterocycles. The minimum absolute atomic E-state index is 0.0800. The monoisotopic (exact) mass is 542 g/mol. The number of aliphatic imine (C=N–C) groups is 1. The molecule has 0 spiro atoms. The molecule has 1 amide bonds. The molecule has 0 radical (unpaired) electrons. The number of rotatable bonds is 13. The molecular formula is C25H30N6O6S. The van der Waals surface area contributed by atoms with Crippen LogP contribution in [-0.2, 0) is 22.4 Å². The van der Waals surface area contributed by atoms with Crippen molar-refractivity contribution in [3.63, 3.8) is 0 Å². The molecule has 0 bridgehead atoms. The lowest BCUT2D eigenvalue weighted by molar-refractivity contribution is -0.142. The Labute approximate surface area is 222 Å². The number of hydrogen-bond donors (Lipinski definition) is 7. The largest absolute Gasteiger partial charge is 0.494 e. The van der Waals surface area contributed by atoms with Crippen molar-refractivity contribution in [3.8, 4) is 17.4 Å². The van der Waals surface area contributed by atoms with Gasteiger partial charge in [-0.15, -0.1) is 0 Å². The number of nitrogens with zero attached hydrogens (tertiary/aromatic N) is 1. The SMILES string of the molecule is NC(N)=NCCCC(NC(=O)C(N)Cc1ccc(Oc2ccc(Cc3sc(=O)[nH]c3O)cc2)cc1)C(=O)O. The number of benzene rings is 2. The van der Waals surface area contributed by atoms with Gasteiger partial charge in [-0.3, -0.25) is 19.6 Å². The van der Waals surface area contributed by atoms with Gasteiger partial charge in [-0.2, -0.15) is 0 Å². The van der Waals surface area contributed by atoms with E-state index >= 15 is 0 Å². The highest BCUT2D eigenvalue weighted by molar-refractivity contribution is 7.09. The minimum atomic E-state index is -1.16. The Kier molecular flexibility index (Phi) is 9.85. The number of amides is 1. The van der Waals surface area contributed by atoms with Gasteiger partial charge in [0.05, 0.1) is 10.9 Å². The van der Waals surface area contributed by atoms with E-state index in [0.717, 1.165) is 22.5 Å². The summed E-state index contributed by atoms with van der Waals surface area (Å²) in [6.07, 6.45) is 1.17. The van der Waals surface area contributed by atoms with Gasteiger partial charge in [0.15, 0.2) is 5.96 Å². The number of carboxylic acids is 1. The molecule has 2 unspecified atom stereocenters. The van der Waals surface area contributed by atoms with Gasteiger partial charge in [-0.25, -0.2) is 4.79 Å². The average molecular weight is 543 g/mol. The van der Waals surface area contributed by atoms with Crippen LogP contribution >= 0.6 is 11.3 Å². The third kappa shape index (κ3) is 8.64. The average Bonchev–Trinajstić information content (AvgIpc) is 3.19. The number of nitrogens with two attached hydrogens (primary N) is 3. The highest BCUT2D eigenvalue weighted by Gasteiger charge is 2.23. The number of carbonyl (C=O) groups excluding carboxylic acids is 1. The van der Waals surface area contributed by atoms with Gasteiger partial charge in [0.1, 0.15) is 17.5 Å². The molecule has 0 saturated carbocycles.